The van der Waals surface area contributed by atoms with E-state index in [2.05, 4.69) is 35.4 Å². The van der Waals surface area contributed by atoms with Crippen LogP contribution in [0, 0.1) is 0 Å². The molecule has 0 aliphatic carbocycles. The second kappa shape index (κ2) is 10.7. The molecule has 0 saturated carbocycles. The predicted octanol–water partition coefficient (Wildman–Crippen LogP) is 2.96. The lowest BCUT2D eigenvalue weighted by Crippen LogP contribution is -2.35. The molecular weight excluding hydrogens is 321 g/mol. The van der Waals surface area contributed by atoms with Gasteiger partial charge in [0.15, 0.2) is 0 Å². The van der Waals surface area contributed by atoms with Crippen LogP contribution in [0.4, 0.5) is 5.69 Å². The lowest BCUT2D eigenvalue weighted by atomic mass is 9.97. The summed E-state index contributed by atoms with van der Waals surface area (Å²) >= 11 is 0. The standard InChI is InChI=1S/C16H25N3O.2ClH/c1-3-19(4-2)12-11-18-16(20)14-7-5-9-15-13(14)8-6-10-17-15;;/h5,7,9,17H,3-4,6,8,10-12H2,1-2H3,(H,18,20);2*1H. The quantitative estimate of drug-likeness (QED) is 0.831. The van der Waals surface area contributed by atoms with Crippen LogP contribution in [0.3, 0.4) is 0 Å². The third-order valence-electron chi connectivity index (χ3n) is 3.95. The summed E-state index contributed by atoms with van der Waals surface area (Å²) in [6.45, 7) is 8.95. The molecule has 1 aliphatic heterocycles. The molecule has 0 atom stereocenters. The van der Waals surface area contributed by atoms with E-state index in [1.165, 1.54) is 5.56 Å². The van der Waals surface area contributed by atoms with Crippen LogP contribution in [-0.4, -0.2) is 43.5 Å². The summed E-state index contributed by atoms with van der Waals surface area (Å²) < 4.78 is 0. The van der Waals surface area contributed by atoms with Crippen molar-refractivity contribution in [2.24, 2.45) is 0 Å². The van der Waals surface area contributed by atoms with Crippen molar-refractivity contribution in [3.05, 3.63) is 29.3 Å². The van der Waals surface area contributed by atoms with Crippen molar-refractivity contribution in [2.75, 3.05) is 38.0 Å². The topological polar surface area (TPSA) is 44.4 Å². The largest absolute Gasteiger partial charge is 0.385 e. The number of rotatable bonds is 6. The molecule has 1 aromatic rings. The monoisotopic (exact) mass is 347 g/mol. The molecule has 2 rings (SSSR count). The number of carbonyl (C=O) groups excluding carboxylic acids is 1. The van der Waals surface area contributed by atoms with Crippen molar-refractivity contribution in [2.45, 2.75) is 26.7 Å². The number of benzene rings is 1. The highest BCUT2D eigenvalue weighted by atomic mass is 35.5. The minimum atomic E-state index is 0. The number of fused-ring (bicyclic) bond motifs is 1. The molecule has 0 aromatic heterocycles. The maximum Gasteiger partial charge on any atom is 0.251 e. The molecule has 0 unspecified atom stereocenters. The maximum absolute atomic E-state index is 12.3. The summed E-state index contributed by atoms with van der Waals surface area (Å²) in [5, 5.41) is 6.40. The van der Waals surface area contributed by atoms with Gasteiger partial charge in [-0.15, -0.1) is 24.8 Å². The normalized spacial score (nSPS) is 12.5. The van der Waals surface area contributed by atoms with Crippen molar-refractivity contribution in [3.8, 4) is 0 Å². The average Bonchev–Trinajstić information content (AvgIpc) is 2.51. The van der Waals surface area contributed by atoms with Crippen molar-refractivity contribution in [1.82, 2.24) is 10.2 Å². The van der Waals surface area contributed by atoms with Crippen LogP contribution >= 0.6 is 24.8 Å². The Bertz CT molecular complexity index is 465. The summed E-state index contributed by atoms with van der Waals surface area (Å²) in [6, 6.07) is 5.94. The van der Waals surface area contributed by atoms with E-state index in [-0.39, 0.29) is 30.7 Å². The molecule has 0 radical (unpaired) electrons. The van der Waals surface area contributed by atoms with Gasteiger partial charge in [0.05, 0.1) is 0 Å². The van der Waals surface area contributed by atoms with Crippen molar-refractivity contribution in [1.29, 1.82) is 0 Å². The minimum Gasteiger partial charge on any atom is -0.385 e. The smallest absolute Gasteiger partial charge is 0.251 e. The van der Waals surface area contributed by atoms with Gasteiger partial charge in [-0.2, -0.15) is 0 Å². The summed E-state index contributed by atoms with van der Waals surface area (Å²) in [5.74, 6) is 0.0534. The molecule has 0 bridgehead atoms. The summed E-state index contributed by atoms with van der Waals surface area (Å²) in [5.41, 5.74) is 3.11. The lowest BCUT2D eigenvalue weighted by molar-refractivity contribution is 0.0948. The van der Waals surface area contributed by atoms with Gasteiger partial charge in [-0.3, -0.25) is 4.79 Å². The summed E-state index contributed by atoms with van der Waals surface area (Å²) in [6.07, 6.45) is 2.08. The number of nitrogens with zero attached hydrogens (tertiary/aromatic N) is 1. The first-order valence-electron chi connectivity index (χ1n) is 7.62. The second-order valence-corrected chi connectivity index (χ2v) is 5.14. The van der Waals surface area contributed by atoms with E-state index in [0.717, 1.165) is 50.3 Å². The zero-order valence-corrected chi connectivity index (χ0v) is 15.0. The summed E-state index contributed by atoms with van der Waals surface area (Å²) in [4.78, 5) is 14.6. The first-order chi connectivity index (χ1) is 9.76. The van der Waals surface area contributed by atoms with E-state index in [4.69, 9.17) is 0 Å². The number of nitrogens with one attached hydrogen (secondary N) is 2. The van der Waals surface area contributed by atoms with Gasteiger partial charge >= 0.3 is 0 Å². The van der Waals surface area contributed by atoms with Crippen molar-refractivity contribution in [3.63, 3.8) is 0 Å². The van der Waals surface area contributed by atoms with Gasteiger partial charge in [0, 0.05) is 30.9 Å². The van der Waals surface area contributed by atoms with Gasteiger partial charge in [0.2, 0.25) is 0 Å². The first kappa shape index (κ1) is 21.0. The predicted molar refractivity (Wildman–Crippen MR) is 97.9 cm³/mol. The number of likely N-dealkylation sites (N-methyl/N-ethyl adjacent to an activating group) is 1. The molecule has 6 heteroatoms. The number of carbonyl (C=O) groups is 1. The fourth-order valence-corrected chi connectivity index (χ4v) is 2.69. The number of hydrogen-bond acceptors (Lipinski definition) is 3. The van der Waals surface area contributed by atoms with Crippen LogP contribution in [0.1, 0.15) is 36.2 Å². The van der Waals surface area contributed by atoms with Crippen LogP contribution in [0.5, 0.6) is 0 Å². The fourth-order valence-electron chi connectivity index (χ4n) is 2.69. The first-order valence-corrected chi connectivity index (χ1v) is 7.62. The van der Waals surface area contributed by atoms with E-state index < -0.39 is 0 Å². The van der Waals surface area contributed by atoms with Crippen LogP contribution in [0.15, 0.2) is 18.2 Å². The molecule has 0 spiro atoms. The Hall–Kier alpha value is -0.970. The van der Waals surface area contributed by atoms with Crippen molar-refractivity contribution < 1.29 is 4.79 Å². The number of amides is 1. The molecule has 4 nitrogen and oxygen atoms in total. The molecule has 1 aromatic carbocycles. The Morgan fingerprint density at radius 3 is 2.68 bits per heavy atom. The Morgan fingerprint density at radius 1 is 1.27 bits per heavy atom. The third-order valence-corrected chi connectivity index (χ3v) is 3.95. The summed E-state index contributed by atoms with van der Waals surface area (Å²) in [7, 11) is 0. The molecule has 2 N–H and O–H groups in total. The minimum absolute atomic E-state index is 0. The maximum atomic E-state index is 12.3. The molecule has 1 amide bonds. The Morgan fingerprint density at radius 2 is 2.00 bits per heavy atom. The fraction of sp³-hybridized carbons (Fsp3) is 0.562. The van der Waals surface area contributed by atoms with Crippen LogP contribution in [-0.2, 0) is 6.42 Å². The van der Waals surface area contributed by atoms with Crippen LogP contribution in [0.25, 0.3) is 0 Å². The highest BCUT2D eigenvalue weighted by molar-refractivity contribution is 5.97. The highest BCUT2D eigenvalue weighted by Crippen LogP contribution is 2.25. The van der Waals surface area contributed by atoms with Crippen LogP contribution in [0.2, 0.25) is 0 Å². The molecule has 0 saturated heterocycles. The third kappa shape index (κ3) is 5.34. The van der Waals surface area contributed by atoms with Gasteiger partial charge in [-0.05, 0) is 43.6 Å². The van der Waals surface area contributed by atoms with Gasteiger partial charge in [0.25, 0.3) is 5.91 Å². The van der Waals surface area contributed by atoms with Crippen molar-refractivity contribution >= 4 is 36.4 Å². The van der Waals surface area contributed by atoms with E-state index >= 15 is 0 Å². The number of halogens is 2. The van der Waals surface area contributed by atoms with Gasteiger partial charge < -0.3 is 15.5 Å². The average molecular weight is 348 g/mol. The SMILES string of the molecule is CCN(CC)CCNC(=O)c1cccc2c1CCCN2.Cl.Cl. The van der Waals surface area contributed by atoms with Crippen LogP contribution < -0.4 is 10.6 Å². The molecule has 126 valence electrons. The number of anilines is 1. The molecule has 1 aliphatic rings. The molecule has 0 fully saturated rings. The highest BCUT2D eigenvalue weighted by Gasteiger charge is 2.16. The zero-order valence-electron chi connectivity index (χ0n) is 13.4. The Labute approximate surface area is 145 Å². The molecular formula is C16H27Cl2N3O. The lowest BCUT2D eigenvalue weighted by Gasteiger charge is -2.21. The molecule has 1 heterocycles. The van der Waals surface area contributed by atoms with Gasteiger partial charge in [-0.1, -0.05) is 19.9 Å². The second-order valence-electron chi connectivity index (χ2n) is 5.14. The number of hydrogen-bond donors (Lipinski definition) is 2. The van der Waals surface area contributed by atoms with E-state index in [9.17, 15) is 4.79 Å². The van der Waals surface area contributed by atoms with E-state index in [0.29, 0.717) is 6.54 Å². The van der Waals surface area contributed by atoms with E-state index in [1.54, 1.807) is 0 Å². The molecule has 22 heavy (non-hydrogen) atoms. The zero-order chi connectivity index (χ0) is 14.4. The van der Waals surface area contributed by atoms with Gasteiger partial charge in [0.1, 0.15) is 0 Å². The van der Waals surface area contributed by atoms with Gasteiger partial charge in [-0.25, -0.2) is 0 Å². The Kier molecular flexibility index (Phi) is 10.2. The Balaban J connectivity index is 0.00000220. The van der Waals surface area contributed by atoms with E-state index in [1.807, 2.05) is 12.1 Å².